The minimum absolute atomic E-state index is 0.0506. The predicted molar refractivity (Wildman–Crippen MR) is 89.5 cm³/mol. The number of β-amino-alcohol motifs (C(OH)–C–C–N with tert-alkyl or cyclic N) is 1. The van der Waals surface area contributed by atoms with Gasteiger partial charge in [0.25, 0.3) is 0 Å². The van der Waals surface area contributed by atoms with Crippen LogP contribution in [0.3, 0.4) is 0 Å². The molecule has 1 saturated heterocycles. The Kier molecular flexibility index (Phi) is 7.19. The lowest BCUT2D eigenvalue weighted by molar-refractivity contribution is -0.119. The van der Waals surface area contributed by atoms with Gasteiger partial charge in [0.05, 0.1) is 6.10 Å². The van der Waals surface area contributed by atoms with Crippen molar-refractivity contribution >= 4 is 15.1 Å². The van der Waals surface area contributed by atoms with Gasteiger partial charge in [0.2, 0.25) is 5.91 Å². The molecular formula is C15H25N4O2P. The van der Waals surface area contributed by atoms with Crippen molar-refractivity contribution < 1.29 is 9.90 Å². The molecule has 2 atom stereocenters. The fourth-order valence-electron chi connectivity index (χ4n) is 2.55. The molecule has 6 nitrogen and oxygen atoms in total. The number of nitrogens with zero attached hydrogens (tertiary/aromatic N) is 3. The van der Waals surface area contributed by atoms with Gasteiger partial charge in [0.15, 0.2) is 0 Å². The Morgan fingerprint density at radius 2 is 2.09 bits per heavy atom. The SMILES string of the molecule is O=C(CP)NCC(O)CN1CCN(Cc2cccnc2)CC1. The number of piperazine rings is 1. The summed E-state index contributed by atoms with van der Waals surface area (Å²) in [7, 11) is 2.38. The summed E-state index contributed by atoms with van der Waals surface area (Å²) >= 11 is 0. The number of aromatic nitrogens is 1. The van der Waals surface area contributed by atoms with Crippen molar-refractivity contribution in [2.45, 2.75) is 12.6 Å². The molecule has 7 heteroatoms. The summed E-state index contributed by atoms with van der Waals surface area (Å²) < 4.78 is 0. The van der Waals surface area contributed by atoms with Gasteiger partial charge in [0, 0.05) is 64.4 Å². The second-order valence-corrected chi connectivity index (χ2v) is 6.01. The summed E-state index contributed by atoms with van der Waals surface area (Å²) in [4.78, 5) is 19.9. The van der Waals surface area contributed by atoms with Crippen molar-refractivity contribution in [3.63, 3.8) is 0 Å². The predicted octanol–water partition coefficient (Wildman–Crippen LogP) is -0.449. The Hall–Kier alpha value is -1.07. The number of aliphatic hydroxyl groups is 1. The molecule has 0 aromatic carbocycles. The largest absolute Gasteiger partial charge is 0.390 e. The van der Waals surface area contributed by atoms with Crippen molar-refractivity contribution in [3.8, 4) is 0 Å². The second-order valence-electron chi connectivity index (χ2n) is 5.60. The van der Waals surface area contributed by atoms with Crippen LogP contribution in [-0.4, -0.2) is 77.3 Å². The number of amides is 1. The molecule has 1 aromatic heterocycles. The van der Waals surface area contributed by atoms with Gasteiger partial charge in [-0.25, -0.2) is 0 Å². The summed E-state index contributed by atoms with van der Waals surface area (Å²) in [6.45, 7) is 5.71. The lowest BCUT2D eigenvalue weighted by Gasteiger charge is -2.35. The van der Waals surface area contributed by atoms with Crippen LogP contribution >= 0.6 is 9.24 Å². The number of aliphatic hydroxyl groups excluding tert-OH is 1. The van der Waals surface area contributed by atoms with Crippen LogP contribution in [0, 0.1) is 0 Å². The van der Waals surface area contributed by atoms with Gasteiger partial charge < -0.3 is 10.4 Å². The molecule has 0 bridgehead atoms. The summed E-state index contributed by atoms with van der Waals surface area (Å²) in [5, 5.41) is 12.7. The quantitative estimate of drug-likeness (QED) is 0.665. The van der Waals surface area contributed by atoms with Crippen LogP contribution in [0.1, 0.15) is 5.56 Å². The van der Waals surface area contributed by atoms with Gasteiger partial charge in [-0.15, -0.1) is 9.24 Å². The van der Waals surface area contributed by atoms with E-state index in [2.05, 4.69) is 35.4 Å². The molecule has 0 spiro atoms. The first-order valence-corrected chi connectivity index (χ1v) is 8.47. The highest BCUT2D eigenvalue weighted by atomic mass is 31.0. The van der Waals surface area contributed by atoms with Crippen LogP contribution in [0.5, 0.6) is 0 Å². The first-order chi connectivity index (χ1) is 10.7. The van der Waals surface area contributed by atoms with Gasteiger partial charge in [-0.2, -0.15) is 0 Å². The third-order valence-corrected chi connectivity index (χ3v) is 4.15. The van der Waals surface area contributed by atoms with Gasteiger partial charge in [-0.05, 0) is 11.6 Å². The van der Waals surface area contributed by atoms with Crippen molar-refractivity contribution in [2.24, 2.45) is 0 Å². The third kappa shape index (κ3) is 5.97. The topological polar surface area (TPSA) is 68.7 Å². The van der Waals surface area contributed by atoms with Crippen LogP contribution < -0.4 is 5.32 Å². The fourth-order valence-corrected chi connectivity index (χ4v) is 2.69. The molecule has 0 saturated carbocycles. The Morgan fingerprint density at radius 1 is 1.36 bits per heavy atom. The monoisotopic (exact) mass is 324 g/mol. The molecule has 22 heavy (non-hydrogen) atoms. The molecule has 2 unspecified atom stereocenters. The molecular weight excluding hydrogens is 299 g/mol. The molecule has 1 aliphatic rings. The summed E-state index contributed by atoms with van der Waals surface area (Å²) in [6.07, 6.45) is 3.56. The minimum Gasteiger partial charge on any atom is -0.390 e. The lowest BCUT2D eigenvalue weighted by Crippen LogP contribution is -2.49. The summed E-state index contributed by atoms with van der Waals surface area (Å²) in [6, 6.07) is 4.06. The average molecular weight is 324 g/mol. The van der Waals surface area contributed by atoms with Gasteiger partial charge >= 0.3 is 0 Å². The Bertz CT molecular complexity index is 452. The minimum atomic E-state index is -0.509. The van der Waals surface area contributed by atoms with Crippen molar-refractivity contribution in [1.82, 2.24) is 20.1 Å². The standard InChI is InChI=1S/C15H25N4O2P/c20-14(9-17-15(21)12-22)11-19-6-4-18(5-7-19)10-13-2-1-3-16-8-13/h1-3,8,14,20H,4-7,9-12,22H2,(H,17,21). The van der Waals surface area contributed by atoms with Crippen LogP contribution in [0.4, 0.5) is 0 Å². The van der Waals surface area contributed by atoms with E-state index >= 15 is 0 Å². The highest BCUT2D eigenvalue weighted by Crippen LogP contribution is 2.07. The van der Waals surface area contributed by atoms with E-state index in [-0.39, 0.29) is 5.91 Å². The number of carbonyl (C=O) groups excluding carboxylic acids is 1. The number of nitrogens with one attached hydrogen (secondary N) is 1. The van der Waals surface area contributed by atoms with Gasteiger partial charge in [-0.1, -0.05) is 6.07 Å². The Morgan fingerprint density at radius 3 is 2.73 bits per heavy atom. The smallest absolute Gasteiger partial charge is 0.223 e. The number of rotatable bonds is 7. The van der Waals surface area contributed by atoms with Crippen LogP contribution in [-0.2, 0) is 11.3 Å². The van der Waals surface area contributed by atoms with E-state index in [4.69, 9.17) is 0 Å². The van der Waals surface area contributed by atoms with E-state index in [0.717, 1.165) is 32.7 Å². The maximum Gasteiger partial charge on any atom is 0.223 e. The summed E-state index contributed by atoms with van der Waals surface area (Å²) in [5.74, 6) is -0.0506. The zero-order chi connectivity index (χ0) is 15.8. The Labute approximate surface area is 134 Å². The van der Waals surface area contributed by atoms with E-state index in [1.165, 1.54) is 5.56 Å². The van der Waals surface area contributed by atoms with E-state index < -0.39 is 6.10 Å². The third-order valence-electron chi connectivity index (χ3n) is 3.78. The number of hydrogen-bond donors (Lipinski definition) is 2. The highest BCUT2D eigenvalue weighted by molar-refractivity contribution is 7.18. The van der Waals surface area contributed by atoms with Gasteiger partial charge in [-0.3, -0.25) is 19.6 Å². The van der Waals surface area contributed by atoms with Crippen LogP contribution in [0.2, 0.25) is 0 Å². The second kappa shape index (κ2) is 9.16. The highest BCUT2D eigenvalue weighted by Gasteiger charge is 2.19. The molecule has 2 N–H and O–H groups in total. The maximum atomic E-state index is 11.2. The van der Waals surface area contributed by atoms with Crippen molar-refractivity contribution in [2.75, 3.05) is 45.4 Å². The van der Waals surface area contributed by atoms with Crippen LogP contribution in [0.25, 0.3) is 0 Å². The van der Waals surface area contributed by atoms with E-state index in [1.807, 2.05) is 12.3 Å². The van der Waals surface area contributed by atoms with Gasteiger partial charge in [0.1, 0.15) is 0 Å². The molecule has 1 aliphatic heterocycles. The van der Waals surface area contributed by atoms with Crippen LogP contribution in [0.15, 0.2) is 24.5 Å². The first-order valence-electron chi connectivity index (χ1n) is 7.66. The zero-order valence-corrected chi connectivity index (χ0v) is 14.0. The summed E-state index contributed by atoms with van der Waals surface area (Å²) in [5.41, 5.74) is 1.23. The van der Waals surface area contributed by atoms with Crippen molar-refractivity contribution in [3.05, 3.63) is 30.1 Å². The van der Waals surface area contributed by atoms with E-state index in [9.17, 15) is 9.90 Å². The Balaban J connectivity index is 1.65. The average Bonchev–Trinajstić information content (AvgIpc) is 2.55. The fraction of sp³-hybridized carbons (Fsp3) is 0.600. The maximum absolute atomic E-state index is 11.2. The number of hydrogen-bond acceptors (Lipinski definition) is 5. The molecule has 1 amide bonds. The number of carbonyl (C=O) groups is 1. The molecule has 122 valence electrons. The van der Waals surface area contributed by atoms with Crippen molar-refractivity contribution in [1.29, 1.82) is 0 Å². The first kappa shape index (κ1) is 17.3. The molecule has 1 aromatic rings. The zero-order valence-electron chi connectivity index (χ0n) is 12.8. The normalized spacial score (nSPS) is 18.1. The number of pyridine rings is 1. The molecule has 1 fully saturated rings. The lowest BCUT2D eigenvalue weighted by atomic mass is 10.2. The molecule has 2 heterocycles. The van der Waals surface area contributed by atoms with E-state index in [0.29, 0.717) is 19.3 Å². The molecule has 0 radical (unpaired) electrons. The molecule has 0 aliphatic carbocycles. The molecule has 2 rings (SSSR count). The van der Waals surface area contributed by atoms with E-state index in [1.54, 1.807) is 6.20 Å².